The fraction of sp³-hybridized carbons (Fsp3) is 0.981. The van der Waals surface area contributed by atoms with Gasteiger partial charge in [-0.25, -0.2) is 4.57 Å². The lowest BCUT2D eigenvalue weighted by Gasteiger charge is -2.41. The molecule has 0 spiro atoms. The molecular weight excluding hydrogens is 872 g/mol. The van der Waals surface area contributed by atoms with E-state index in [2.05, 4.69) is 13.8 Å². The number of phosphoric acid groups is 1. The van der Waals surface area contributed by atoms with E-state index in [4.69, 9.17) is 18.5 Å². The molecule has 0 aromatic heterocycles. The van der Waals surface area contributed by atoms with Gasteiger partial charge in [0.2, 0.25) is 0 Å². The fourth-order valence-corrected chi connectivity index (χ4v) is 10.2. The summed E-state index contributed by atoms with van der Waals surface area (Å²) in [6, 6.07) is 0. The zero-order valence-electron chi connectivity index (χ0n) is 43.2. The summed E-state index contributed by atoms with van der Waals surface area (Å²) in [7, 11) is -5.02. The average Bonchev–Trinajstić information content (AvgIpc) is 3.31. The molecule has 13 heteroatoms. The van der Waals surface area contributed by atoms with Crippen LogP contribution in [-0.2, 0) is 27.9 Å². The Hall–Kier alpha value is -0.660. The van der Waals surface area contributed by atoms with Gasteiger partial charge in [0.05, 0.1) is 13.2 Å². The van der Waals surface area contributed by atoms with Crippen LogP contribution >= 0.6 is 7.82 Å². The molecule has 0 saturated heterocycles. The first-order chi connectivity index (χ1) is 32.5. The lowest BCUT2D eigenvalue weighted by molar-refractivity contribution is -0.220. The third kappa shape index (κ3) is 36.9. The third-order valence-corrected chi connectivity index (χ3v) is 14.7. The number of phosphoric ester groups is 1. The van der Waals surface area contributed by atoms with Gasteiger partial charge in [-0.3, -0.25) is 13.8 Å². The van der Waals surface area contributed by atoms with Crippen molar-refractivity contribution in [2.45, 2.75) is 320 Å². The number of hydrogen-bond acceptors (Lipinski definition) is 11. The Morgan fingerprint density at radius 2 is 0.701 bits per heavy atom. The van der Waals surface area contributed by atoms with Crippen LogP contribution in [0.1, 0.15) is 277 Å². The van der Waals surface area contributed by atoms with Gasteiger partial charge in [0.15, 0.2) is 0 Å². The summed E-state index contributed by atoms with van der Waals surface area (Å²) in [6.45, 7) is 4.34. The second-order valence-electron chi connectivity index (χ2n) is 20.2. The maximum atomic E-state index is 12.9. The van der Waals surface area contributed by atoms with Crippen LogP contribution in [0, 0.1) is 0 Å². The summed E-state index contributed by atoms with van der Waals surface area (Å²) in [5.74, 6) is -0.468. The molecule has 1 aliphatic rings. The van der Waals surface area contributed by atoms with Crippen molar-refractivity contribution in [2.24, 2.45) is 0 Å². The lowest BCUT2D eigenvalue weighted by atomic mass is 9.85. The van der Waals surface area contributed by atoms with Crippen molar-refractivity contribution in [3.63, 3.8) is 0 Å². The molecule has 1 rings (SSSR count). The summed E-state index contributed by atoms with van der Waals surface area (Å²) < 4.78 is 34.4. The van der Waals surface area contributed by atoms with Gasteiger partial charge in [-0.1, -0.05) is 258 Å². The van der Waals surface area contributed by atoms with Crippen molar-refractivity contribution < 1.29 is 58.3 Å². The Morgan fingerprint density at radius 1 is 0.418 bits per heavy atom. The lowest BCUT2D eigenvalue weighted by Crippen LogP contribution is -2.64. The molecule has 0 bridgehead atoms. The van der Waals surface area contributed by atoms with E-state index in [1.807, 2.05) is 0 Å². The van der Waals surface area contributed by atoms with Crippen molar-refractivity contribution in [1.29, 1.82) is 0 Å². The van der Waals surface area contributed by atoms with E-state index in [-0.39, 0.29) is 13.0 Å². The minimum absolute atomic E-state index is 0.0671. The maximum absolute atomic E-state index is 12.9. The van der Waals surface area contributed by atoms with Gasteiger partial charge in [-0.05, 0) is 12.8 Å². The first-order valence-electron chi connectivity index (χ1n) is 28.4. The second-order valence-corrected chi connectivity index (χ2v) is 21.6. The zero-order chi connectivity index (χ0) is 49.1. The van der Waals surface area contributed by atoms with E-state index >= 15 is 0 Å². The standard InChI is InChI=1S/C54H107O12P/c1-3-5-7-9-11-13-15-17-19-21-22-23-24-25-26-28-30-32-34-36-38-40-42-44-63-45-47(46-64-67(61,62)66-54-52(59)50(57)49(56)51(58)53(54)60)65-48(55)43-41-39-37-35-33-31-29-27-20-18-16-14-12-10-8-6-4-2/h47,49-54,56-60H,3-46H2,1-2H3,(H,61,62). The van der Waals surface area contributed by atoms with Gasteiger partial charge < -0.3 is 39.9 Å². The summed E-state index contributed by atoms with van der Waals surface area (Å²) in [4.78, 5) is 23.3. The molecule has 1 fully saturated rings. The van der Waals surface area contributed by atoms with Gasteiger partial charge in [0, 0.05) is 13.0 Å². The Labute approximate surface area is 410 Å². The molecule has 1 aliphatic carbocycles. The van der Waals surface area contributed by atoms with E-state index in [0.717, 1.165) is 38.5 Å². The Morgan fingerprint density at radius 3 is 1.03 bits per heavy atom. The van der Waals surface area contributed by atoms with Crippen molar-refractivity contribution in [2.75, 3.05) is 19.8 Å². The minimum Gasteiger partial charge on any atom is -0.457 e. The van der Waals surface area contributed by atoms with Crippen LogP contribution in [0.25, 0.3) is 0 Å². The molecule has 0 radical (unpaired) electrons. The molecule has 400 valence electrons. The van der Waals surface area contributed by atoms with Crippen LogP contribution < -0.4 is 0 Å². The van der Waals surface area contributed by atoms with Crippen LogP contribution in [0.2, 0.25) is 0 Å². The molecule has 0 aromatic rings. The topological polar surface area (TPSA) is 192 Å². The first-order valence-corrected chi connectivity index (χ1v) is 29.9. The zero-order valence-corrected chi connectivity index (χ0v) is 44.1. The van der Waals surface area contributed by atoms with Crippen molar-refractivity contribution >= 4 is 13.8 Å². The molecule has 6 atom stereocenters. The van der Waals surface area contributed by atoms with Gasteiger partial charge in [0.1, 0.15) is 42.7 Å². The quantitative estimate of drug-likeness (QED) is 0.0192. The van der Waals surface area contributed by atoms with E-state index in [1.54, 1.807) is 0 Å². The van der Waals surface area contributed by atoms with Gasteiger partial charge in [0.25, 0.3) is 0 Å². The molecule has 0 amide bonds. The van der Waals surface area contributed by atoms with Crippen LogP contribution in [0.4, 0.5) is 0 Å². The molecule has 0 aromatic carbocycles. The number of carbonyl (C=O) groups excluding carboxylic acids is 1. The van der Waals surface area contributed by atoms with Crippen LogP contribution in [0.3, 0.4) is 0 Å². The number of ether oxygens (including phenoxy) is 2. The van der Waals surface area contributed by atoms with E-state index < -0.39 is 63.1 Å². The molecule has 6 N–H and O–H groups in total. The van der Waals surface area contributed by atoms with Crippen LogP contribution in [0.5, 0.6) is 0 Å². The third-order valence-electron chi connectivity index (χ3n) is 13.7. The number of aliphatic hydroxyl groups excluding tert-OH is 5. The van der Waals surface area contributed by atoms with Crippen LogP contribution in [-0.4, -0.2) is 98.9 Å². The van der Waals surface area contributed by atoms with Gasteiger partial charge in [-0.2, -0.15) is 0 Å². The summed E-state index contributed by atoms with van der Waals surface area (Å²) in [5, 5.41) is 50.4. The number of hydrogen-bond donors (Lipinski definition) is 6. The number of aliphatic hydroxyl groups is 5. The Balaban J connectivity index is 2.26. The predicted molar refractivity (Wildman–Crippen MR) is 272 cm³/mol. The highest BCUT2D eigenvalue weighted by Gasteiger charge is 2.51. The SMILES string of the molecule is CCCCCCCCCCCCCCCCCCCCCCCCCOCC(COP(=O)(O)OC1C(O)C(O)C(O)C(O)C1O)OC(=O)CCCCCCCCCCCCCCCCCCC. The Bertz CT molecular complexity index is 1120. The highest BCUT2D eigenvalue weighted by molar-refractivity contribution is 7.47. The monoisotopic (exact) mass is 979 g/mol. The van der Waals surface area contributed by atoms with E-state index in [1.165, 1.54) is 212 Å². The van der Waals surface area contributed by atoms with E-state index in [9.17, 15) is 39.8 Å². The average molecular weight is 979 g/mol. The van der Waals surface area contributed by atoms with Crippen LogP contribution in [0.15, 0.2) is 0 Å². The number of rotatable bonds is 50. The first kappa shape index (κ1) is 64.4. The highest BCUT2D eigenvalue weighted by Crippen LogP contribution is 2.47. The highest BCUT2D eigenvalue weighted by atomic mass is 31.2. The van der Waals surface area contributed by atoms with Gasteiger partial charge >= 0.3 is 13.8 Å². The molecule has 12 nitrogen and oxygen atoms in total. The van der Waals surface area contributed by atoms with E-state index in [0.29, 0.717) is 13.0 Å². The summed E-state index contributed by atoms with van der Waals surface area (Å²) in [6.07, 6.45) is 38.9. The van der Waals surface area contributed by atoms with Crippen molar-refractivity contribution in [1.82, 2.24) is 0 Å². The molecular formula is C54H107O12P. The number of unbranched alkanes of at least 4 members (excludes halogenated alkanes) is 38. The maximum Gasteiger partial charge on any atom is 0.472 e. The largest absolute Gasteiger partial charge is 0.472 e. The molecule has 1 saturated carbocycles. The summed E-state index contributed by atoms with van der Waals surface area (Å²) in [5.41, 5.74) is 0. The van der Waals surface area contributed by atoms with Gasteiger partial charge in [-0.15, -0.1) is 0 Å². The molecule has 0 aliphatic heterocycles. The number of esters is 1. The normalized spacial score (nSPS) is 21.1. The molecule has 6 unspecified atom stereocenters. The number of carbonyl (C=O) groups is 1. The Kier molecular flexibility index (Phi) is 43.4. The minimum atomic E-state index is -5.02. The summed E-state index contributed by atoms with van der Waals surface area (Å²) >= 11 is 0. The second kappa shape index (κ2) is 45.2. The fourth-order valence-electron chi connectivity index (χ4n) is 9.24. The molecule has 0 heterocycles. The van der Waals surface area contributed by atoms with Crippen molar-refractivity contribution in [3.05, 3.63) is 0 Å². The molecule has 67 heavy (non-hydrogen) atoms. The smallest absolute Gasteiger partial charge is 0.457 e. The predicted octanol–water partition coefficient (Wildman–Crippen LogP) is 13.3. The van der Waals surface area contributed by atoms with Crippen molar-refractivity contribution in [3.8, 4) is 0 Å².